The highest BCUT2D eigenvalue weighted by atomic mass is 19.1. The summed E-state index contributed by atoms with van der Waals surface area (Å²) in [6, 6.07) is 3.63. The van der Waals surface area contributed by atoms with Crippen LogP contribution in [-0.4, -0.2) is 52.0 Å². The first kappa shape index (κ1) is 19.6. The van der Waals surface area contributed by atoms with Crippen LogP contribution in [0.15, 0.2) is 23.2 Å². The molecule has 0 amide bonds. The second-order valence-corrected chi connectivity index (χ2v) is 5.97. The lowest BCUT2D eigenvalue weighted by Gasteiger charge is -2.13. The van der Waals surface area contributed by atoms with Crippen LogP contribution in [-0.2, 0) is 15.9 Å². The number of hydrogen-bond acceptors (Lipinski definition) is 3. The highest BCUT2D eigenvalue weighted by Crippen LogP contribution is 2.12. The van der Waals surface area contributed by atoms with Gasteiger partial charge in [0.05, 0.1) is 12.7 Å². The number of nitrogens with zero attached hydrogens (tertiary/aromatic N) is 1. The van der Waals surface area contributed by atoms with Crippen molar-refractivity contribution in [2.24, 2.45) is 4.99 Å². The molecule has 1 atom stereocenters. The average Bonchev–Trinajstić information content (AvgIpc) is 3.11. The van der Waals surface area contributed by atoms with E-state index in [1.165, 1.54) is 12.1 Å². The van der Waals surface area contributed by atoms with Gasteiger partial charge in [-0.15, -0.1) is 0 Å². The molecule has 7 heteroatoms. The van der Waals surface area contributed by atoms with Crippen LogP contribution in [0.4, 0.5) is 8.78 Å². The zero-order valence-corrected chi connectivity index (χ0v) is 14.7. The SMILES string of the molecule is CN=C(NCCCOCC1CCCO1)NCCc1ccc(F)cc1F. The van der Waals surface area contributed by atoms with Gasteiger partial charge in [0.1, 0.15) is 11.6 Å². The molecule has 1 aromatic carbocycles. The molecule has 0 aromatic heterocycles. The number of ether oxygens (including phenoxy) is 2. The van der Waals surface area contributed by atoms with Gasteiger partial charge >= 0.3 is 0 Å². The number of nitrogens with one attached hydrogen (secondary N) is 2. The van der Waals surface area contributed by atoms with Gasteiger partial charge in [-0.2, -0.15) is 0 Å². The lowest BCUT2D eigenvalue weighted by molar-refractivity contribution is 0.0168. The minimum absolute atomic E-state index is 0.259. The van der Waals surface area contributed by atoms with Crippen molar-refractivity contribution < 1.29 is 18.3 Å². The molecule has 1 aliphatic rings. The van der Waals surface area contributed by atoms with Crippen LogP contribution in [0, 0.1) is 11.6 Å². The number of rotatable bonds is 9. The fraction of sp³-hybridized carbons (Fsp3) is 0.611. The Hall–Kier alpha value is -1.73. The third-order valence-electron chi connectivity index (χ3n) is 4.01. The highest BCUT2D eigenvalue weighted by Gasteiger charge is 2.14. The molecule has 25 heavy (non-hydrogen) atoms. The fourth-order valence-corrected chi connectivity index (χ4v) is 2.63. The number of guanidine groups is 1. The number of benzene rings is 1. The summed E-state index contributed by atoms with van der Waals surface area (Å²) in [5, 5.41) is 6.29. The standard InChI is InChI=1S/C18H27F2N3O2/c1-21-18(22-8-3-10-24-13-16-4-2-11-25-16)23-9-7-14-5-6-15(19)12-17(14)20/h5-6,12,16H,2-4,7-11,13H2,1H3,(H2,21,22,23). The van der Waals surface area contributed by atoms with Crippen molar-refractivity contribution in [3.63, 3.8) is 0 Å². The van der Waals surface area contributed by atoms with E-state index in [4.69, 9.17) is 9.47 Å². The van der Waals surface area contributed by atoms with Crippen LogP contribution in [0.5, 0.6) is 0 Å². The Kier molecular flexibility index (Phi) is 8.62. The number of halogens is 2. The maximum absolute atomic E-state index is 13.6. The second-order valence-electron chi connectivity index (χ2n) is 5.97. The molecule has 1 aliphatic heterocycles. The largest absolute Gasteiger partial charge is 0.379 e. The van der Waals surface area contributed by atoms with Gasteiger partial charge < -0.3 is 20.1 Å². The Morgan fingerprint density at radius 1 is 1.32 bits per heavy atom. The number of aliphatic imine (C=N–C) groups is 1. The third-order valence-corrected chi connectivity index (χ3v) is 4.01. The maximum atomic E-state index is 13.6. The minimum atomic E-state index is -0.562. The molecule has 0 saturated carbocycles. The molecule has 1 aromatic rings. The lowest BCUT2D eigenvalue weighted by atomic mass is 10.1. The summed E-state index contributed by atoms with van der Waals surface area (Å²) in [4.78, 5) is 4.12. The molecule has 0 spiro atoms. The molecule has 1 heterocycles. The van der Waals surface area contributed by atoms with E-state index in [1.807, 2.05) is 0 Å². The van der Waals surface area contributed by atoms with E-state index in [1.54, 1.807) is 7.05 Å². The van der Waals surface area contributed by atoms with Crippen molar-refractivity contribution in [1.29, 1.82) is 0 Å². The Labute approximate surface area is 147 Å². The lowest BCUT2D eigenvalue weighted by Crippen LogP contribution is -2.39. The van der Waals surface area contributed by atoms with Gasteiger partial charge in [0.25, 0.3) is 0 Å². The first-order valence-corrected chi connectivity index (χ1v) is 8.77. The molecule has 2 N–H and O–H groups in total. The summed E-state index contributed by atoms with van der Waals surface area (Å²) in [7, 11) is 1.68. The van der Waals surface area contributed by atoms with E-state index in [2.05, 4.69) is 15.6 Å². The van der Waals surface area contributed by atoms with Gasteiger partial charge in [-0.05, 0) is 37.3 Å². The van der Waals surface area contributed by atoms with Crippen molar-refractivity contribution in [3.8, 4) is 0 Å². The number of hydrogen-bond donors (Lipinski definition) is 2. The van der Waals surface area contributed by atoms with E-state index >= 15 is 0 Å². The van der Waals surface area contributed by atoms with Crippen LogP contribution in [0.1, 0.15) is 24.8 Å². The van der Waals surface area contributed by atoms with Gasteiger partial charge in [-0.3, -0.25) is 4.99 Å². The summed E-state index contributed by atoms with van der Waals surface area (Å²) in [5.74, 6) is -0.428. The molecule has 2 rings (SSSR count). The van der Waals surface area contributed by atoms with Crippen LogP contribution < -0.4 is 10.6 Å². The van der Waals surface area contributed by atoms with Crippen LogP contribution in [0.2, 0.25) is 0 Å². The van der Waals surface area contributed by atoms with Crippen molar-refractivity contribution in [2.45, 2.75) is 31.8 Å². The van der Waals surface area contributed by atoms with Gasteiger partial charge in [0, 0.05) is 39.4 Å². The van der Waals surface area contributed by atoms with Crippen LogP contribution >= 0.6 is 0 Å². The van der Waals surface area contributed by atoms with Crippen molar-refractivity contribution >= 4 is 5.96 Å². The Morgan fingerprint density at radius 3 is 2.88 bits per heavy atom. The Morgan fingerprint density at radius 2 is 2.16 bits per heavy atom. The topological polar surface area (TPSA) is 54.9 Å². The van der Waals surface area contributed by atoms with E-state index in [0.717, 1.165) is 38.5 Å². The second kappa shape index (κ2) is 11.0. The Bertz CT molecular complexity index is 549. The van der Waals surface area contributed by atoms with E-state index in [0.29, 0.717) is 37.7 Å². The molecular weight excluding hydrogens is 328 g/mol. The quantitative estimate of drug-likeness (QED) is 0.405. The summed E-state index contributed by atoms with van der Waals surface area (Å²) in [5.41, 5.74) is 0.479. The summed E-state index contributed by atoms with van der Waals surface area (Å²) in [6.45, 7) is 3.42. The predicted molar refractivity (Wildman–Crippen MR) is 93.8 cm³/mol. The molecule has 1 saturated heterocycles. The smallest absolute Gasteiger partial charge is 0.190 e. The average molecular weight is 355 g/mol. The monoisotopic (exact) mass is 355 g/mol. The van der Waals surface area contributed by atoms with Gasteiger partial charge in [-0.1, -0.05) is 6.07 Å². The zero-order chi connectivity index (χ0) is 17.9. The van der Waals surface area contributed by atoms with E-state index in [-0.39, 0.29) is 6.10 Å². The maximum Gasteiger partial charge on any atom is 0.190 e. The normalized spacial score (nSPS) is 17.7. The molecular formula is C18H27F2N3O2. The summed E-state index contributed by atoms with van der Waals surface area (Å²) < 4.78 is 37.5. The molecule has 5 nitrogen and oxygen atoms in total. The van der Waals surface area contributed by atoms with E-state index in [9.17, 15) is 8.78 Å². The molecule has 0 aliphatic carbocycles. The highest BCUT2D eigenvalue weighted by molar-refractivity contribution is 5.79. The molecule has 1 unspecified atom stereocenters. The molecule has 1 fully saturated rings. The minimum Gasteiger partial charge on any atom is -0.379 e. The van der Waals surface area contributed by atoms with Gasteiger partial charge in [0.15, 0.2) is 5.96 Å². The summed E-state index contributed by atoms with van der Waals surface area (Å²) >= 11 is 0. The van der Waals surface area contributed by atoms with Crippen LogP contribution in [0.25, 0.3) is 0 Å². The van der Waals surface area contributed by atoms with Crippen LogP contribution in [0.3, 0.4) is 0 Å². The Balaban J connectivity index is 1.54. The molecule has 140 valence electrons. The first-order valence-electron chi connectivity index (χ1n) is 8.77. The van der Waals surface area contributed by atoms with Crippen molar-refractivity contribution in [1.82, 2.24) is 10.6 Å². The van der Waals surface area contributed by atoms with Gasteiger partial charge in [-0.25, -0.2) is 8.78 Å². The first-order chi connectivity index (χ1) is 12.2. The van der Waals surface area contributed by atoms with Crippen molar-refractivity contribution in [2.75, 3.05) is 40.0 Å². The van der Waals surface area contributed by atoms with Gasteiger partial charge in [0.2, 0.25) is 0 Å². The fourth-order valence-electron chi connectivity index (χ4n) is 2.63. The molecule has 0 radical (unpaired) electrons. The molecule has 0 bridgehead atoms. The van der Waals surface area contributed by atoms with E-state index < -0.39 is 11.6 Å². The zero-order valence-electron chi connectivity index (χ0n) is 14.7. The predicted octanol–water partition coefficient (Wildman–Crippen LogP) is 2.26. The summed E-state index contributed by atoms with van der Waals surface area (Å²) in [6.07, 6.45) is 3.79. The van der Waals surface area contributed by atoms with Crippen molar-refractivity contribution in [3.05, 3.63) is 35.4 Å². The third kappa shape index (κ3) is 7.36.